The van der Waals surface area contributed by atoms with E-state index in [-0.39, 0.29) is 18.5 Å². The normalized spacial score (nSPS) is 10.3. The van der Waals surface area contributed by atoms with Gasteiger partial charge in [0, 0.05) is 25.5 Å². The van der Waals surface area contributed by atoms with Crippen LogP contribution in [0.4, 0.5) is 5.82 Å². The van der Waals surface area contributed by atoms with Gasteiger partial charge < -0.3 is 10.2 Å². The fourth-order valence-corrected chi connectivity index (χ4v) is 1.48. The third kappa shape index (κ3) is 3.66. The minimum absolute atomic E-state index is 0.0702. The van der Waals surface area contributed by atoms with E-state index in [9.17, 15) is 4.79 Å². The van der Waals surface area contributed by atoms with Crippen molar-refractivity contribution in [3.05, 3.63) is 17.5 Å². The first-order valence-corrected chi connectivity index (χ1v) is 5.35. The molecule has 6 heteroatoms. The van der Waals surface area contributed by atoms with Crippen LogP contribution in [-0.4, -0.2) is 35.5 Å². The number of nitrogens with zero attached hydrogens (tertiary/aromatic N) is 3. The van der Waals surface area contributed by atoms with Gasteiger partial charge in [0.05, 0.1) is 6.54 Å². The van der Waals surface area contributed by atoms with E-state index in [0.717, 1.165) is 0 Å². The predicted molar refractivity (Wildman–Crippen MR) is 63.6 cm³/mol. The van der Waals surface area contributed by atoms with Crippen molar-refractivity contribution in [2.24, 2.45) is 0 Å². The Morgan fingerprint density at radius 3 is 2.69 bits per heavy atom. The Bertz CT molecular complexity index is 370. The fraction of sp³-hybridized carbons (Fsp3) is 0.500. The number of rotatable bonds is 4. The lowest BCUT2D eigenvalue weighted by molar-refractivity contribution is -0.120. The minimum Gasteiger partial charge on any atom is -0.352 e. The zero-order valence-electron chi connectivity index (χ0n) is 9.57. The van der Waals surface area contributed by atoms with Crippen molar-refractivity contribution in [2.45, 2.75) is 19.9 Å². The maximum absolute atomic E-state index is 11.5. The van der Waals surface area contributed by atoms with Crippen LogP contribution in [0.1, 0.15) is 13.8 Å². The van der Waals surface area contributed by atoms with Gasteiger partial charge in [0.2, 0.25) is 5.91 Å². The smallest absolute Gasteiger partial charge is 0.239 e. The van der Waals surface area contributed by atoms with Crippen molar-refractivity contribution in [1.82, 2.24) is 15.3 Å². The van der Waals surface area contributed by atoms with E-state index in [1.807, 2.05) is 13.8 Å². The van der Waals surface area contributed by atoms with E-state index in [4.69, 9.17) is 11.6 Å². The highest BCUT2D eigenvalue weighted by Gasteiger charge is 2.12. The molecule has 88 valence electrons. The number of nitrogens with one attached hydrogen (secondary N) is 1. The molecule has 0 aliphatic rings. The second kappa shape index (κ2) is 5.65. The van der Waals surface area contributed by atoms with Crippen molar-refractivity contribution in [1.29, 1.82) is 0 Å². The van der Waals surface area contributed by atoms with Gasteiger partial charge in [0.25, 0.3) is 0 Å². The average molecular weight is 243 g/mol. The van der Waals surface area contributed by atoms with Gasteiger partial charge in [-0.05, 0) is 13.8 Å². The highest BCUT2D eigenvalue weighted by atomic mass is 35.5. The topological polar surface area (TPSA) is 58.1 Å². The zero-order valence-corrected chi connectivity index (χ0v) is 10.3. The summed E-state index contributed by atoms with van der Waals surface area (Å²) in [6, 6.07) is 0.123. The van der Waals surface area contributed by atoms with Crippen LogP contribution in [0, 0.1) is 0 Å². The van der Waals surface area contributed by atoms with Crippen LogP contribution >= 0.6 is 11.6 Å². The molecule has 0 spiro atoms. The summed E-state index contributed by atoms with van der Waals surface area (Å²) >= 11 is 5.86. The van der Waals surface area contributed by atoms with Gasteiger partial charge in [-0.1, -0.05) is 11.6 Å². The van der Waals surface area contributed by atoms with Gasteiger partial charge in [0.1, 0.15) is 0 Å². The van der Waals surface area contributed by atoms with Crippen molar-refractivity contribution in [2.75, 3.05) is 18.5 Å². The first-order valence-electron chi connectivity index (χ1n) is 4.97. The molecule has 1 rings (SSSR count). The number of carbonyl (C=O) groups is 1. The zero-order chi connectivity index (χ0) is 12.1. The monoisotopic (exact) mass is 242 g/mol. The Hall–Kier alpha value is -1.36. The van der Waals surface area contributed by atoms with Gasteiger partial charge in [-0.2, -0.15) is 0 Å². The maximum Gasteiger partial charge on any atom is 0.239 e. The molecule has 16 heavy (non-hydrogen) atoms. The van der Waals surface area contributed by atoms with Crippen LogP contribution in [0.5, 0.6) is 0 Å². The maximum atomic E-state index is 11.5. The summed E-state index contributed by atoms with van der Waals surface area (Å²) in [6.07, 6.45) is 3.05. The van der Waals surface area contributed by atoms with Crippen LogP contribution in [-0.2, 0) is 4.79 Å². The van der Waals surface area contributed by atoms with E-state index in [0.29, 0.717) is 11.0 Å². The third-order valence-corrected chi connectivity index (χ3v) is 2.09. The Kier molecular flexibility index (Phi) is 4.49. The lowest BCUT2D eigenvalue weighted by Gasteiger charge is -2.18. The molecule has 0 radical (unpaired) electrons. The summed E-state index contributed by atoms with van der Waals surface area (Å²) in [7, 11) is 1.75. The number of aromatic nitrogens is 2. The highest BCUT2D eigenvalue weighted by molar-refractivity contribution is 6.31. The van der Waals surface area contributed by atoms with Gasteiger partial charge >= 0.3 is 0 Å². The molecule has 1 aromatic heterocycles. The Labute approximate surface area is 99.8 Å². The molecule has 0 aliphatic carbocycles. The van der Waals surface area contributed by atoms with Gasteiger partial charge in [-0.15, -0.1) is 0 Å². The van der Waals surface area contributed by atoms with E-state index < -0.39 is 0 Å². The molecule has 0 atom stereocenters. The first-order chi connectivity index (χ1) is 7.50. The standard InChI is InChI=1S/C10H15ClN4O/c1-7(2)14-8(16)6-15(3)10-9(11)12-4-5-13-10/h4-5,7H,6H2,1-3H3,(H,14,16). The molecule has 0 saturated heterocycles. The van der Waals surface area contributed by atoms with Crippen LogP contribution in [0.3, 0.4) is 0 Å². The molecular formula is C10H15ClN4O. The summed E-state index contributed by atoms with van der Waals surface area (Å²) < 4.78 is 0. The Balaban J connectivity index is 2.62. The predicted octanol–water partition coefficient (Wildman–Crippen LogP) is 1.09. The van der Waals surface area contributed by atoms with Crippen LogP contribution in [0.2, 0.25) is 5.15 Å². The van der Waals surface area contributed by atoms with Crippen molar-refractivity contribution < 1.29 is 4.79 Å². The second-order valence-corrected chi connectivity index (χ2v) is 4.11. The number of hydrogen-bond acceptors (Lipinski definition) is 4. The van der Waals surface area contributed by atoms with E-state index in [1.54, 1.807) is 11.9 Å². The van der Waals surface area contributed by atoms with Crippen molar-refractivity contribution in [3.8, 4) is 0 Å². The summed E-state index contributed by atoms with van der Waals surface area (Å²) in [5, 5.41) is 3.08. The quantitative estimate of drug-likeness (QED) is 0.859. The van der Waals surface area contributed by atoms with E-state index in [2.05, 4.69) is 15.3 Å². The Morgan fingerprint density at radius 2 is 2.12 bits per heavy atom. The SMILES string of the molecule is CC(C)NC(=O)CN(C)c1nccnc1Cl. The summed E-state index contributed by atoms with van der Waals surface area (Å²) in [5.74, 6) is 0.433. The first kappa shape index (κ1) is 12.7. The van der Waals surface area contributed by atoms with Gasteiger partial charge in [-0.3, -0.25) is 4.79 Å². The summed E-state index contributed by atoms with van der Waals surface area (Å²) in [6.45, 7) is 4.02. The van der Waals surface area contributed by atoms with Crippen molar-refractivity contribution >= 4 is 23.3 Å². The summed E-state index contributed by atoms with van der Waals surface area (Å²) in [4.78, 5) is 21.1. The number of amides is 1. The third-order valence-electron chi connectivity index (χ3n) is 1.83. The highest BCUT2D eigenvalue weighted by Crippen LogP contribution is 2.17. The molecule has 1 N–H and O–H groups in total. The largest absolute Gasteiger partial charge is 0.352 e. The molecular weight excluding hydrogens is 228 g/mol. The molecule has 1 heterocycles. The molecule has 1 amide bonds. The number of halogens is 1. The molecule has 0 unspecified atom stereocenters. The van der Waals surface area contributed by atoms with E-state index >= 15 is 0 Å². The number of likely N-dealkylation sites (N-methyl/N-ethyl adjacent to an activating group) is 1. The molecule has 0 saturated carbocycles. The molecule has 5 nitrogen and oxygen atoms in total. The fourth-order valence-electron chi connectivity index (χ4n) is 1.23. The van der Waals surface area contributed by atoms with Crippen LogP contribution in [0.15, 0.2) is 12.4 Å². The van der Waals surface area contributed by atoms with Crippen LogP contribution in [0.25, 0.3) is 0 Å². The molecule has 0 aromatic carbocycles. The molecule has 1 aromatic rings. The number of carbonyl (C=O) groups excluding carboxylic acids is 1. The van der Waals surface area contributed by atoms with Gasteiger partial charge in [-0.25, -0.2) is 9.97 Å². The van der Waals surface area contributed by atoms with Crippen LogP contribution < -0.4 is 10.2 Å². The lowest BCUT2D eigenvalue weighted by Crippen LogP contribution is -2.39. The molecule has 0 fully saturated rings. The van der Waals surface area contributed by atoms with Crippen molar-refractivity contribution in [3.63, 3.8) is 0 Å². The van der Waals surface area contributed by atoms with Gasteiger partial charge in [0.15, 0.2) is 11.0 Å². The Morgan fingerprint density at radius 1 is 1.50 bits per heavy atom. The molecule has 0 aliphatic heterocycles. The van der Waals surface area contributed by atoms with E-state index in [1.165, 1.54) is 12.4 Å². The minimum atomic E-state index is -0.0702. The number of hydrogen-bond donors (Lipinski definition) is 1. The number of anilines is 1. The second-order valence-electron chi connectivity index (χ2n) is 3.75. The lowest BCUT2D eigenvalue weighted by atomic mass is 10.4. The summed E-state index contributed by atoms with van der Waals surface area (Å²) in [5.41, 5.74) is 0. The average Bonchev–Trinajstić information content (AvgIpc) is 2.16. The molecule has 0 bridgehead atoms.